The van der Waals surface area contributed by atoms with Crippen LogP contribution >= 0.6 is 0 Å². The molecule has 21 heavy (non-hydrogen) atoms. The van der Waals surface area contributed by atoms with Gasteiger partial charge in [-0.15, -0.1) is 0 Å². The minimum Gasteiger partial charge on any atom is -0.370 e. The van der Waals surface area contributed by atoms with Gasteiger partial charge >= 0.3 is 0 Å². The molecule has 0 aliphatic heterocycles. The Kier molecular flexibility index (Phi) is 5.31. The molecular weight excluding hydrogens is 262 g/mol. The predicted octanol–water partition coefficient (Wildman–Crippen LogP) is 3.60. The van der Waals surface area contributed by atoms with E-state index in [4.69, 9.17) is 9.97 Å². The van der Waals surface area contributed by atoms with Gasteiger partial charge in [-0.1, -0.05) is 20.8 Å². The Labute approximate surface area is 126 Å². The summed E-state index contributed by atoms with van der Waals surface area (Å²) in [5, 5.41) is 7.61. The van der Waals surface area contributed by atoms with E-state index in [1.54, 1.807) is 4.68 Å². The SMILES string of the molecule is CCCNc1cc(-c2cnn(C)c2)nc(C(CC)CC)n1. The number of hydrogen-bond donors (Lipinski definition) is 1. The topological polar surface area (TPSA) is 55.6 Å². The van der Waals surface area contributed by atoms with Crippen LogP contribution in [0.5, 0.6) is 0 Å². The molecule has 5 nitrogen and oxygen atoms in total. The average molecular weight is 287 g/mol. The van der Waals surface area contributed by atoms with Crippen LogP contribution in [0.1, 0.15) is 51.8 Å². The number of aromatic nitrogens is 4. The first-order valence-corrected chi connectivity index (χ1v) is 7.79. The van der Waals surface area contributed by atoms with Crippen molar-refractivity contribution in [3.05, 3.63) is 24.3 Å². The predicted molar refractivity (Wildman–Crippen MR) is 86.3 cm³/mol. The third-order valence-corrected chi connectivity index (χ3v) is 3.65. The average Bonchev–Trinajstić information content (AvgIpc) is 2.93. The first kappa shape index (κ1) is 15.5. The number of rotatable bonds is 7. The van der Waals surface area contributed by atoms with Crippen molar-refractivity contribution in [3.63, 3.8) is 0 Å². The lowest BCUT2D eigenvalue weighted by Crippen LogP contribution is -2.09. The van der Waals surface area contributed by atoms with Crippen molar-refractivity contribution < 1.29 is 0 Å². The van der Waals surface area contributed by atoms with Gasteiger partial charge in [0.1, 0.15) is 11.6 Å². The maximum absolute atomic E-state index is 4.76. The summed E-state index contributed by atoms with van der Waals surface area (Å²) in [5.41, 5.74) is 1.98. The molecule has 0 aliphatic rings. The Hall–Kier alpha value is -1.91. The number of nitrogens with one attached hydrogen (secondary N) is 1. The van der Waals surface area contributed by atoms with Gasteiger partial charge in [0.25, 0.3) is 0 Å². The molecule has 0 fully saturated rings. The van der Waals surface area contributed by atoms with Crippen LogP contribution in [0.4, 0.5) is 5.82 Å². The molecule has 2 aromatic rings. The minimum atomic E-state index is 0.406. The third-order valence-electron chi connectivity index (χ3n) is 3.65. The van der Waals surface area contributed by atoms with E-state index in [1.807, 2.05) is 25.5 Å². The standard InChI is InChI=1S/C16H25N5/c1-5-8-17-15-9-14(13-10-18-21(4)11-13)19-16(20-15)12(6-2)7-3/h9-12H,5-8H2,1-4H3,(H,17,19,20). The Morgan fingerprint density at radius 2 is 1.95 bits per heavy atom. The second-order valence-electron chi connectivity index (χ2n) is 5.34. The van der Waals surface area contributed by atoms with Crippen LogP contribution in [-0.2, 0) is 7.05 Å². The molecular formula is C16H25N5. The highest BCUT2D eigenvalue weighted by molar-refractivity contribution is 5.61. The summed E-state index contributed by atoms with van der Waals surface area (Å²) in [5.74, 6) is 2.25. The van der Waals surface area contributed by atoms with Crippen LogP contribution in [0.2, 0.25) is 0 Å². The monoisotopic (exact) mass is 287 g/mol. The molecule has 2 aromatic heterocycles. The highest BCUT2D eigenvalue weighted by atomic mass is 15.2. The van der Waals surface area contributed by atoms with E-state index >= 15 is 0 Å². The van der Waals surface area contributed by atoms with E-state index in [0.29, 0.717) is 5.92 Å². The summed E-state index contributed by atoms with van der Waals surface area (Å²) in [4.78, 5) is 9.46. The van der Waals surface area contributed by atoms with Crippen LogP contribution < -0.4 is 5.32 Å². The smallest absolute Gasteiger partial charge is 0.134 e. The van der Waals surface area contributed by atoms with Crippen molar-refractivity contribution in [2.75, 3.05) is 11.9 Å². The fourth-order valence-corrected chi connectivity index (χ4v) is 2.35. The van der Waals surface area contributed by atoms with Crippen LogP contribution in [-0.4, -0.2) is 26.3 Å². The van der Waals surface area contributed by atoms with Crippen molar-refractivity contribution in [3.8, 4) is 11.3 Å². The van der Waals surface area contributed by atoms with E-state index in [-0.39, 0.29) is 0 Å². The van der Waals surface area contributed by atoms with Crippen molar-refractivity contribution in [2.45, 2.75) is 46.0 Å². The summed E-state index contributed by atoms with van der Waals surface area (Å²) in [6, 6.07) is 2.01. The second kappa shape index (κ2) is 7.20. The minimum absolute atomic E-state index is 0.406. The molecule has 0 bridgehead atoms. The third kappa shape index (κ3) is 3.80. The van der Waals surface area contributed by atoms with Gasteiger partial charge in [-0.05, 0) is 19.3 Å². The molecule has 0 amide bonds. The van der Waals surface area contributed by atoms with Crippen LogP contribution in [0.15, 0.2) is 18.5 Å². The molecule has 0 saturated carbocycles. The fraction of sp³-hybridized carbons (Fsp3) is 0.562. The lowest BCUT2D eigenvalue weighted by molar-refractivity contribution is 0.603. The van der Waals surface area contributed by atoms with E-state index in [9.17, 15) is 0 Å². The Bertz CT molecular complexity index is 572. The van der Waals surface area contributed by atoms with Gasteiger partial charge in [-0.2, -0.15) is 5.10 Å². The second-order valence-corrected chi connectivity index (χ2v) is 5.34. The van der Waals surface area contributed by atoms with E-state index in [1.165, 1.54) is 0 Å². The van der Waals surface area contributed by atoms with Crippen molar-refractivity contribution in [1.82, 2.24) is 19.7 Å². The molecule has 0 saturated heterocycles. The summed E-state index contributed by atoms with van der Waals surface area (Å²) in [6.45, 7) is 7.45. The molecule has 0 atom stereocenters. The maximum Gasteiger partial charge on any atom is 0.134 e. The van der Waals surface area contributed by atoms with E-state index in [0.717, 1.165) is 48.7 Å². The lowest BCUT2D eigenvalue weighted by atomic mass is 10.0. The molecule has 1 N–H and O–H groups in total. The quantitative estimate of drug-likeness (QED) is 0.845. The van der Waals surface area contributed by atoms with Gasteiger partial charge in [0.05, 0.1) is 11.9 Å². The van der Waals surface area contributed by atoms with E-state index in [2.05, 4.69) is 31.2 Å². The van der Waals surface area contributed by atoms with Crippen LogP contribution in [0, 0.1) is 0 Å². The largest absolute Gasteiger partial charge is 0.370 e. The zero-order valence-electron chi connectivity index (χ0n) is 13.4. The number of hydrogen-bond acceptors (Lipinski definition) is 4. The van der Waals surface area contributed by atoms with Crippen LogP contribution in [0.3, 0.4) is 0 Å². The summed E-state index contributed by atoms with van der Waals surface area (Å²) < 4.78 is 1.80. The molecule has 0 aliphatic carbocycles. The number of anilines is 1. The summed E-state index contributed by atoms with van der Waals surface area (Å²) in [6.07, 6.45) is 7.03. The van der Waals surface area contributed by atoms with Crippen molar-refractivity contribution in [1.29, 1.82) is 0 Å². The van der Waals surface area contributed by atoms with E-state index < -0.39 is 0 Å². The Morgan fingerprint density at radius 1 is 1.19 bits per heavy atom. The first-order chi connectivity index (χ1) is 10.2. The molecule has 0 aromatic carbocycles. The van der Waals surface area contributed by atoms with Crippen molar-refractivity contribution in [2.24, 2.45) is 7.05 Å². The lowest BCUT2D eigenvalue weighted by Gasteiger charge is -2.14. The number of aryl methyl sites for hydroxylation is 1. The van der Waals surface area contributed by atoms with Gasteiger partial charge in [0.2, 0.25) is 0 Å². The molecule has 2 rings (SSSR count). The van der Waals surface area contributed by atoms with Gasteiger partial charge in [0, 0.05) is 37.3 Å². The molecule has 0 unspecified atom stereocenters. The molecule has 114 valence electrons. The summed E-state index contributed by atoms with van der Waals surface area (Å²) in [7, 11) is 1.92. The fourth-order valence-electron chi connectivity index (χ4n) is 2.35. The van der Waals surface area contributed by atoms with Gasteiger partial charge in [-0.25, -0.2) is 9.97 Å². The molecule has 0 spiro atoms. The summed E-state index contributed by atoms with van der Waals surface area (Å²) >= 11 is 0. The molecule has 2 heterocycles. The van der Waals surface area contributed by atoms with Gasteiger partial charge < -0.3 is 5.32 Å². The maximum atomic E-state index is 4.76. The Balaban J connectivity index is 2.41. The molecule has 0 radical (unpaired) electrons. The zero-order chi connectivity index (χ0) is 15.2. The first-order valence-electron chi connectivity index (χ1n) is 7.79. The Morgan fingerprint density at radius 3 is 2.52 bits per heavy atom. The van der Waals surface area contributed by atoms with Crippen LogP contribution in [0.25, 0.3) is 11.3 Å². The van der Waals surface area contributed by atoms with Crippen molar-refractivity contribution >= 4 is 5.82 Å². The van der Waals surface area contributed by atoms with Gasteiger partial charge in [0.15, 0.2) is 0 Å². The number of nitrogens with zero attached hydrogens (tertiary/aromatic N) is 4. The highest BCUT2D eigenvalue weighted by Gasteiger charge is 2.14. The van der Waals surface area contributed by atoms with Gasteiger partial charge in [-0.3, -0.25) is 4.68 Å². The highest BCUT2D eigenvalue weighted by Crippen LogP contribution is 2.25. The normalized spacial score (nSPS) is 11.1. The zero-order valence-corrected chi connectivity index (χ0v) is 13.4. The molecule has 5 heteroatoms.